The van der Waals surface area contributed by atoms with E-state index < -0.39 is 0 Å². The van der Waals surface area contributed by atoms with Crippen LogP contribution in [0.1, 0.15) is 58.7 Å². The van der Waals surface area contributed by atoms with Gasteiger partial charge in [0.1, 0.15) is 5.01 Å². The van der Waals surface area contributed by atoms with E-state index in [0.29, 0.717) is 5.92 Å². The van der Waals surface area contributed by atoms with Gasteiger partial charge in [0.25, 0.3) is 0 Å². The van der Waals surface area contributed by atoms with Crippen LogP contribution in [-0.2, 0) is 15.7 Å². The molecule has 0 aliphatic carbocycles. The van der Waals surface area contributed by atoms with Crippen molar-refractivity contribution in [2.24, 2.45) is 5.92 Å². The van der Waals surface area contributed by atoms with Crippen LogP contribution >= 0.6 is 11.3 Å². The summed E-state index contributed by atoms with van der Waals surface area (Å²) in [5.74, 6) is 0.622. The topological polar surface area (TPSA) is 34.1 Å². The van der Waals surface area contributed by atoms with Crippen LogP contribution in [0, 0.1) is 5.92 Å². The highest BCUT2D eigenvalue weighted by atomic mass is 32.1. The Morgan fingerprint density at radius 3 is 2.40 bits per heavy atom. The Kier molecular flexibility index (Phi) is 6.17. The number of hydrogen-bond acceptors (Lipinski definition) is 4. The van der Waals surface area contributed by atoms with E-state index in [9.17, 15) is 0 Å². The molecule has 0 aromatic carbocycles. The molecule has 1 N–H and O–H groups in total. The molecule has 20 heavy (non-hydrogen) atoms. The van der Waals surface area contributed by atoms with Crippen molar-refractivity contribution in [1.82, 2.24) is 10.3 Å². The highest BCUT2D eigenvalue weighted by Crippen LogP contribution is 2.33. The standard InChI is InChI=1S/C16H30N2OS/c1-12(2)10-16(6,17-8-9-19-7)14-18-13(11-20-14)15(3,4)5/h11-12,17H,8-10H2,1-7H3. The SMILES string of the molecule is COCCNC(C)(CC(C)C)c1nc(C(C)(C)C)cs1. The van der Waals surface area contributed by atoms with Gasteiger partial charge >= 0.3 is 0 Å². The Balaban J connectivity index is 2.94. The first kappa shape index (κ1) is 17.6. The van der Waals surface area contributed by atoms with Gasteiger partial charge in [0.05, 0.1) is 17.8 Å². The molecule has 0 aliphatic heterocycles. The summed E-state index contributed by atoms with van der Waals surface area (Å²) in [6.45, 7) is 15.0. The Labute approximate surface area is 128 Å². The molecule has 0 saturated carbocycles. The fourth-order valence-corrected chi connectivity index (χ4v) is 3.55. The molecule has 3 nitrogen and oxygen atoms in total. The fraction of sp³-hybridized carbons (Fsp3) is 0.812. The summed E-state index contributed by atoms with van der Waals surface area (Å²) in [5.41, 5.74) is 1.22. The Morgan fingerprint density at radius 2 is 1.95 bits per heavy atom. The van der Waals surface area contributed by atoms with Gasteiger partial charge in [-0.15, -0.1) is 11.3 Å². The van der Waals surface area contributed by atoms with Crippen molar-refractivity contribution >= 4 is 11.3 Å². The van der Waals surface area contributed by atoms with Crippen molar-refractivity contribution < 1.29 is 4.74 Å². The van der Waals surface area contributed by atoms with Crippen molar-refractivity contribution in [1.29, 1.82) is 0 Å². The first-order valence-electron chi connectivity index (χ1n) is 7.39. The summed E-state index contributed by atoms with van der Waals surface area (Å²) in [6.07, 6.45) is 1.08. The molecule has 1 atom stereocenters. The number of thiazole rings is 1. The van der Waals surface area contributed by atoms with Gasteiger partial charge in [-0.25, -0.2) is 4.98 Å². The quantitative estimate of drug-likeness (QED) is 0.774. The molecule has 0 spiro atoms. The third kappa shape index (κ3) is 4.83. The molecule has 1 unspecified atom stereocenters. The lowest BCUT2D eigenvalue weighted by atomic mass is 9.90. The second kappa shape index (κ2) is 7.01. The van der Waals surface area contributed by atoms with Gasteiger partial charge in [0.2, 0.25) is 0 Å². The number of nitrogens with one attached hydrogen (secondary N) is 1. The molecule has 0 fully saturated rings. The third-order valence-corrected chi connectivity index (χ3v) is 4.49. The van der Waals surface area contributed by atoms with Crippen LogP contribution < -0.4 is 5.32 Å². The van der Waals surface area contributed by atoms with Gasteiger partial charge in [0.15, 0.2) is 0 Å². The predicted octanol–water partition coefficient (Wildman–Crippen LogP) is 3.94. The van der Waals surface area contributed by atoms with Crippen LogP contribution in [0.15, 0.2) is 5.38 Å². The van der Waals surface area contributed by atoms with E-state index in [2.05, 4.69) is 52.2 Å². The average Bonchev–Trinajstić information content (AvgIpc) is 2.77. The minimum Gasteiger partial charge on any atom is -0.383 e. The Hall–Kier alpha value is -0.450. The monoisotopic (exact) mass is 298 g/mol. The highest BCUT2D eigenvalue weighted by Gasteiger charge is 2.31. The molecule has 116 valence electrons. The maximum absolute atomic E-state index is 5.16. The molecular weight excluding hydrogens is 268 g/mol. The Morgan fingerprint density at radius 1 is 1.30 bits per heavy atom. The van der Waals surface area contributed by atoms with E-state index in [1.807, 2.05) is 0 Å². The number of hydrogen-bond donors (Lipinski definition) is 1. The van der Waals surface area contributed by atoms with E-state index in [-0.39, 0.29) is 11.0 Å². The maximum Gasteiger partial charge on any atom is 0.113 e. The summed E-state index contributed by atoms with van der Waals surface area (Å²) in [5, 5.41) is 7.02. The van der Waals surface area contributed by atoms with E-state index in [1.54, 1.807) is 18.4 Å². The lowest BCUT2D eigenvalue weighted by Crippen LogP contribution is -2.42. The van der Waals surface area contributed by atoms with Gasteiger partial charge in [-0.2, -0.15) is 0 Å². The summed E-state index contributed by atoms with van der Waals surface area (Å²) >= 11 is 1.77. The molecule has 1 aromatic rings. The first-order valence-corrected chi connectivity index (χ1v) is 8.27. The largest absolute Gasteiger partial charge is 0.383 e. The van der Waals surface area contributed by atoms with Crippen LogP contribution in [0.4, 0.5) is 0 Å². The molecule has 0 amide bonds. The first-order chi connectivity index (χ1) is 9.19. The molecule has 1 rings (SSSR count). The zero-order chi connectivity index (χ0) is 15.4. The molecule has 4 heteroatoms. The van der Waals surface area contributed by atoms with E-state index >= 15 is 0 Å². The number of aromatic nitrogens is 1. The maximum atomic E-state index is 5.16. The highest BCUT2D eigenvalue weighted by molar-refractivity contribution is 7.09. The minimum absolute atomic E-state index is 0.0686. The van der Waals surface area contributed by atoms with Gasteiger partial charge in [-0.05, 0) is 19.3 Å². The van der Waals surface area contributed by atoms with Crippen LogP contribution in [0.2, 0.25) is 0 Å². The van der Waals surface area contributed by atoms with Crippen LogP contribution in [0.5, 0.6) is 0 Å². The molecule has 0 saturated heterocycles. The lowest BCUT2D eigenvalue weighted by molar-refractivity contribution is 0.180. The molecule has 1 heterocycles. The molecular formula is C16H30N2OS. The van der Waals surface area contributed by atoms with E-state index in [1.165, 1.54) is 10.7 Å². The van der Waals surface area contributed by atoms with Crippen molar-refractivity contribution in [3.05, 3.63) is 16.1 Å². The van der Waals surface area contributed by atoms with Crippen LogP contribution in [0.3, 0.4) is 0 Å². The zero-order valence-corrected chi connectivity index (χ0v) is 14.9. The van der Waals surface area contributed by atoms with Crippen LogP contribution in [0.25, 0.3) is 0 Å². The van der Waals surface area contributed by atoms with Crippen molar-refractivity contribution in [2.75, 3.05) is 20.3 Å². The predicted molar refractivity (Wildman–Crippen MR) is 87.5 cm³/mol. The third-order valence-electron chi connectivity index (χ3n) is 3.38. The number of nitrogens with zero attached hydrogens (tertiary/aromatic N) is 1. The van der Waals surface area contributed by atoms with Gasteiger partial charge in [-0.1, -0.05) is 34.6 Å². The van der Waals surface area contributed by atoms with Gasteiger partial charge in [0, 0.05) is 24.4 Å². The van der Waals surface area contributed by atoms with Gasteiger partial charge in [-0.3, -0.25) is 0 Å². The second-order valence-electron chi connectivity index (χ2n) is 7.14. The average molecular weight is 298 g/mol. The van der Waals surface area contributed by atoms with Crippen molar-refractivity contribution in [3.63, 3.8) is 0 Å². The number of rotatable bonds is 7. The molecule has 0 aliphatic rings. The smallest absolute Gasteiger partial charge is 0.113 e. The van der Waals surface area contributed by atoms with Crippen molar-refractivity contribution in [3.8, 4) is 0 Å². The van der Waals surface area contributed by atoms with E-state index in [0.717, 1.165) is 19.6 Å². The summed E-state index contributed by atoms with van der Waals surface area (Å²) < 4.78 is 5.16. The summed E-state index contributed by atoms with van der Waals surface area (Å²) in [4.78, 5) is 4.90. The minimum atomic E-state index is -0.0686. The van der Waals surface area contributed by atoms with E-state index in [4.69, 9.17) is 9.72 Å². The normalized spacial score (nSPS) is 15.6. The second-order valence-corrected chi connectivity index (χ2v) is 8.00. The summed E-state index contributed by atoms with van der Waals surface area (Å²) in [7, 11) is 1.74. The number of methoxy groups -OCH3 is 1. The Bertz CT molecular complexity index is 409. The molecule has 1 aromatic heterocycles. The number of ether oxygens (including phenoxy) is 1. The zero-order valence-electron chi connectivity index (χ0n) is 14.0. The molecule has 0 radical (unpaired) electrons. The fourth-order valence-electron chi connectivity index (χ4n) is 2.35. The van der Waals surface area contributed by atoms with Crippen molar-refractivity contribution in [2.45, 2.75) is 58.9 Å². The lowest BCUT2D eigenvalue weighted by Gasteiger charge is -2.31. The molecule has 0 bridgehead atoms. The van der Waals surface area contributed by atoms with Gasteiger partial charge < -0.3 is 10.1 Å². The summed E-state index contributed by atoms with van der Waals surface area (Å²) in [6, 6.07) is 0. The van der Waals surface area contributed by atoms with Crippen LogP contribution in [-0.4, -0.2) is 25.2 Å².